The Morgan fingerprint density at radius 3 is 2.69 bits per heavy atom. The molecule has 26 heavy (non-hydrogen) atoms. The monoisotopic (exact) mass is 346 g/mol. The number of pyridine rings is 1. The fourth-order valence-electron chi connectivity index (χ4n) is 2.71. The van der Waals surface area contributed by atoms with Crippen LogP contribution >= 0.6 is 0 Å². The fourth-order valence-corrected chi connectivity index (χ4v) is 2.71. The molecule has 0 fully saturated rings. The lowest BCUT2D eigenvalue weighted by Gasteiger charge is -2.10. The van der Waals surface area contributed by atoms with Gasteiger partial charge in [0, 0.05) is 18.8 Å². The van der Waals surface area contributed by atoms with Crippen molar-refractivity contribution in [3.8, 4) is 17.1 Å². The average Bonchev–Trinajstić information content (AvgIpc) is 3.18. The van der Waals surface area contributed by atoms with Crippen LogP contribution in [-0.4, -0.2) is 38.2 Å². The third kappa shape index (κ3) is 3.32. The smallest absolute Gasteiger partial charge is 0.254 e. The first-order chi connectivity index (χ1) is 12.8. The molecule has 7 nitrogen and oxygen atoms in total. The molecule has 0 saturated carbocycles. The molecule has 0 aliphatic heterocycles. The van der Waals surface area contributed by atoms with Crippen LogP contribution in [0.15, 0.2) is 61.1 Å². The minimum atomic E-state index is 0.542. The Hall–Kier alpha value is -3.48. The van der Waals surface area contributed by atoms with Gasteiger partial charge in [0.05, 0.1) is 18.5 Å². The van der Waals surface area contributed by atoms with E-state index in [1.165, 1.54) is 11.9 Å². The second-order valence-electron chi connectivity index (χ2n) is 5.74. The molecule has 130 valence electrons. The highest BCUT2D eigenvalue weighted by Gasteiger charge is 2.09. The van der Waals surface area contributed by atoms with Crippen molar-refractivity contribution in [1.29, 1.82) is 0 Å². The number of methoxy groups -OCH3 is 1. The second kappa shape index (κ2) is 7.18. The highest BCUT2D eigenvalue weighted by molar-refractivity contribution is 5.61. The molecule has 0 radical (unpaired) electrons. The normalized spacial score (nSPS) is 10.8. The van der Waals surface area contributed by atoms with Gasteiger partial charge in [-0.05, 0) is 36.2 Å². The van der Waals surface area contributed by atoms with Crippen LogP contribution in [0.3, 0.4) is 0 Å². The zero-order chi connectivity index (χ0) is 17.8. The van der Waals surface area contributed by atoms with E-state index in [1.807, 2.05) is 36.4 Å². The molecule has 3 aromatic heterocycles. The Labute approximate surface area is 150 Å². The molecule has 1 N–H and O–H groups in total. The van der Waals surface area contributed by atoms with Crippen molar-refractivity contribution in [2.45, 2.75) is 6.42 Å². The Bertz CT molecular complexity index is 998. The average molecular weight is 346 g/mol. The van der Waals surface area contributed by atoms with Gasteiger partial charge in [0.15, 0.2) is 0 Å². The number of hydrogen-bond donors (Lipinski definition) is 1. The Balaban J connectivity index is 1.54. The Kier molecular flexibility index (Phi) is 4.42. The van der Waals surface area contributed by atoms with Crippen LogP contribution in [0.4, 0.5) is 5.82 Å². The van der Waals surface area contributed by atoms with E-state index in [-0.39, 0.29) is 0 Å². The van der Waals surface area contributed by atoms with E-state index in [0.29, 0.717) is 5.78 Å². The quantitative estimate of drug-likeness (QED) is 0.578. The Morgan fingerprint density at radius 2 is 1.92 bits per heavy atom. The zero-order valence-electron chi connectivity index (χ0n) is 14.3. The molecular formula is C19H18N6O. The third-order valence-electron chi connectivity index (χ3n) is 4.06. The minimum absolute atomic E-state index is 0.542. The summed E-state index contributed by atoms with van der Waals surface area (Å²) >= 11 is 0. The summed E-state index contributed by atoms with van der Waals surface area (Å²) in [5.41, 5.74) is 2.79. The molecule has 0 spiro atoms. The van der Waals surface area contributed by atoms with Gasteiger partial charge in [-0.15, -0.1) is 0 Å². The summed E-state index contributed by atoms with van der Waals surface area (Å²) in [6.07, 6.45) is 4.13. The number of aromatic nitrogens is 5. The van der Waals surface area contributed by atoms with Crippen molar-refractivity contribution < 1.29 is 4.74 Å². The number of benzene rings is 1. The van der Waals surface area contributed by atoms with Crippen LogP contribution in [-0.2, 0) is 6.42 Å². The van der Waals surface area contributed by atoms with Crippen molar-refractivity contribution in [1.82, 2.24) is 24.6 Å². The fraction of sp³-hybridized carbons (Fsp3) is 0.158. The molecule has 0 aliphatic rings. The van der Waals surface area contributed by atoms with Crippen LogP contribution in [0.2, 0.25) is 0 Å². The maximum Gasteiger partial charge on any atom is 0.254 e. The van der Waals surface area contributed by atoms with Crippen LogP contribution in [0.25, 0.3) is 17.2 Å². The molecule has 0 saturated heterocycles. The second-order valence-corrected chi connectivity index (χ2v) is 5.74. The minimum Gasteiger partial charge on any atom is -0.497 e. The molecule has 0 amide bonds. The van der Waals surface area contributed by atoms with Crippen molar-refractivity contribution in [2.24, 2.45) is 0 Å². The summed E-state index contributed by atoms with van der Waals surface area (Å²) in [4.78, 5) is 13.1. The Morgan fingerprint density at radius 1 is 1.04 bits per heavy atom. The standard InChI is InChI=1S/C19H18N6O/c1-26-15-7-5-14(6-8-15)9-11-21-18-12-17(16-4-2-3-10-20-16)24-19-22-13-23-25(18)19/h2-8,10,12-13,21H,9,11H2,1H3. The summed E-state index contributed by atoms with van der Waals surface area (Å²) in [6, 6.07) is 15.8. The molecule has 0 bridgehead atoms. The molecule has 4 aromatic rings. The lowest BCUT2D eigenvalue weighted by Crippen LogP contribution is -2.10. The van der Waals surface area contributed by atoms with E-state index in [1.54, 1.807) is 17.8 Å². The molecule has 7 heteroatoms. The van der Waals surface area contributed by atoms with Gasteiger partial charge >= 0.3 is 0 Å². The third-order valence-corrected chi connectivity index (χ3v) is 4.06. The molecule has 3 heterocycles. The topological polar surface area (TPSA) is 77.2 Å². The number of hydrogen-bond acceptors (Lipinski definition) is 6. The summed E-state index contributed by atoms with van der Waals surface area (Å²) in [6.45, 7) is 0.757. The first-order valence-electron chi connectivity index (χ1n) is 8.32. The van der Waals surface area contributed by atoms with Gasteiger partial charge in [0.1, 0.15) is 17.9 Å². The summed E-state index contributed by atoms with van der Waals surface area (Å²) in [7, 11) is 1.67. The van der Waals surface area contributed by atoms with E-state index in [4.69, 9.17) is 4.74 Å². The largest absolute Gasteiger partial charge is 0.497 e. The van der Waals surface area contributed by atoms with E-state index in [9.17, 15) is 0 Å². The number of anilines is 1. The number of nitrogens with zero attached hydrogens (tertiary/aromatic N) is 5. The van der Waals surface area contributed by atoms with E-state index in [0.717, 1.165) is 35.9 Å². The molecule has 4 rings (SSSR count). The number of fused-ring (bicyclic) bond motifs is 1. The van der Waals surface area contributed by atoms with E-state index < -0.39 is 0 Å². The highest BCUT2D eigenvalue weighted by Crippen LogP contribution is 2.19. The number of ether oxygens (including phenoxy) is 1. The lowest BCUT2D eigenvalue weighted by atomic mass is 10.1. The van der Waals surface area contributed by atoms with Crippen molar-refractivity contribution in [3.63, 3.8) is 0 Å². The molecule has 1 aromatic carbocycles. The predicted octanol–water partition coefficient (Wildman–Crippen LogP) is 2.85. The van der Waals surface area contributed by atoms with E-state index in [2.05, 4.69) is 37.5 Å². The summed E-state index contributed by atoms with van der Waals surface area (Å²) in [5.74, 6) is 2.24. The van der Waals surface area contributed by atoms with Crippen LogP contribution in [0.1, 0.15) is 5.56 Å². The van der Waals surface area contributed by atoms with Crippen molar-refractivity contribution in [2.75, 3.05) is 19.0 Å². The van der Waals surface area contributed by atoms with Gasteiger partial charge in [-0.1, -0.05) is 18.2 Å². The van der Waals surface area contributed by atoms with Crippen molar-refractivity contribution in [3.05, 3.63) is 66.6 Å². The highest BCUT2D eigenvalue weighted by atomic mass is 16.5. The summed E-state index contributed by atoms with van der Waals surface area (Å²) in [5, 5.41) is 7.67. The number of rotatable bonds is 6. The first-order valence-corrected chi connectivity index (χ1v) is 8.32. The van der Waals surface area contributed by atoms with Crippen LogP contribution < -0.4 is 10.1 Å². The zero-order valence-corrected chi connectivity index (χ0v) is 14.3. The van der Waals surface area contributed by atoms with Gasteiger partial charge in [-0.2, -0.15) is 14.6 Å². The maximum atomic E-state index is 5.19. The summed E-state index contributed by atoms with van der Waals surface area (Å²) < 4.78 is 6.89. The van der Waals surface area contributed by atoms with Gasteiger partial charge in [-0.25, -0.2) is 4.98 Å². The molecular weight excluding hydrogens is 328 g/mol. The van der Waals surface area contributed by atoms with Crippen LogP contribution in [0, 0.1) is 0 Å². The van der Waals surface area contributed by atoms with Gasteiger partial charge in [0.2, 0.25) is 0 Å². The maximum absolute atomic E-state index is 5.19. The van der Waals surface area contributed by atoms with Gasteiger partial charge < -0.3 is 10.1 Å². The molecule has 0 aliphatic carbocycles. The molecule has 0 atom stereocenters. The van der Waals surface area contributed by atoms with Gasteiger partial charge in [-0.3, -0.25) is 4.98 Å². The van der Waals surface area contributed by atoms with E-state index >= 15 is 0 Å². The molecule has 0 unspecified atom stereocenters. The number of nitrogens with one attached hydrogen (secondary N) is 1. The predicted molar refractivity (Wildman–Crippen MR) is 99.2 cm³/mol. The van der Waals surface area contributed by atoms with Crippen molar-refractivity contribution >= 4 is 11.6 Å². The first kappa shape index (κ1) is 16.0. The lowest BCUT2D eigenvalue weighted by molar-refractivity contribution is 0.414. The van der Waals surface area contributed by atoms with Crippen LogP contribution in [0.5, 0.6) is 5.75 Å². The SMILES string of the molecule is COc1ccc(CCNc2cc(-c3ccccn3)nc3ncnn23)cc1. The van der Waals surface area contributed by atoms with Gasteiger partial charge in [0.25, 0.3) is 5.78 Å².